The molecular weight excluding hydrogens is 255 g/mol. The maximum Gasteiger partial charge on any atom is 0.416 e. The lowest BCUT2D eigenvalue weighted by molar-refractivity contribution is -0.137. The van der Waals surface area contributed by atoms with E-state index in [1.54, 1.807) is 0 Å². The molecule has 3 nitrogen and oxygen atoms in total. The molecule has 102 valence electrons. The Morgan fingerprint density at radius 2 is 1.74 bits per heavy atom. The fraction of sp³-hybridized carbons (Fsp3) is 0.385. The highest BCUT2D eigenvalue weighted by Crippen LogP contribution is 2.29. The summed E-state index contributed by atoms with van der Waals surface area (Å²) in [6.07, 6.45) is -2.56. The Kier molecular flexibility index (Phi) is 3.59. The Balaban J connectivity index is 2.30. The maximum absolute atomic E-state index is 12.5. The third-order valence-electron chi connectivity index (χ3n) is 2.79. The number of nitrogens with zero attached hydrogens (tertiary/aromatic N) is 3. The standard InChI is InChI=1S/C13H14F3N3/c1-3-4-12-9(2)17-19(18-12)11-7-5-10(6-8-11)13(14,15)16/h5-8H,3-4H2,1-2H3. The first-order chi connectivity index (χ1) is 8.91. The van der Waals surface area contributed by atoms with Gasteiger partial charge in [-0.05, 0) is 37.6 Å². The Bertz CT molecular complexity index is 556. The SMILES string of the molecule is CCCc1nn(-c2ccc(C(F)(F)F)cc2)nc1C. The largest absolute Gasteiger partial charge is 0.416 e. The monoisotopic (exact) mass is 269 g/mol. The maximum atomic E-state index is 12.5. The summed E-state index contributed by atoms with van der Waals surface area (Å²) in [4.78, 5) is 1.38. The molecule has 0 saturated carbocycles. The first-order valence-electron chi connectivity index (χ1n) is 6.02. The van der Waals surface area contributed by atoms with E-state index in [9.17, 15) is 13.2 Å². The molecule has 0 aliphatic rings. The minimum atomic E-state index is -4.32. The van der Waals surface area contributed by atoms with Crippen molar-refractivity contribution in [1.82, 2.24) is 15.0 Å². The summed E-state index contributed by atoms with van der Waals surface area (Å²) in [5.41, 5.74) is 1.54. The van der Waals surface area contributed by atoms with E-state index >= 15 is 0 Å². The Morgan fingerprint density at radius 1 is 1.11 bits per heavy atom. The third-order valence-corrected chi connectivity index (χ3v) is 2.79. The molecule has 0 bridgehead atoms. The van der Waals surface area contributed by atoms with Crippen LogP contribution < -0.4 is 0 Å². The first-order valence-corrected chi connectivity index (χ1v) is 6.02. The third kappa shape index (κ3) is 2.94. The van der Waals surface area contributed by atoms with Crippen molar-refractivity contribution in [3.05, 3.63) is 41.2 Å². The number of hydrogen-bond donors (Lipinski definition) is 0. The van der Waals surface area contributed by atoms with Gasteiger partial charge in [-0.15, -0.1) is 0 Å². The van der Waals surface area contributed by atoms with E-state index in [1.165, 1.54) is 16.9 Å². The second kappa shape index (κ2) is 5.03. The average Bonchev–Trinajstić information content (AvgIpc) is 2.71. The second-order valence-electron chi connectivity index (χ2n) is 4.32. The lowest BCUT2D eigenvalue weighted by Crippen LogP contribution is -2.06. The molecule has 0 fully saturated rings. The van der Waals surface area contributed by atoms with Crippen LogP contribution in [0.15, 0.2) is 24.3 Å². The number of aryl methyl sites for hydroxylation is 2. The summed E-state index contributed by atoms with van der Waals surface area (Å²) in [7, 11) is 0. The van der Waals surface area contributed by atoms with Crippen molar-refractivity contribution in [1.29, 1.82) is 0 Å². The molecule has 0 amide bonds. The van der Waals surface area contributed by atoms with Gasteiger partial charge in [-0.2, -0.15) is 28.2 Å². The van der Waals surface area contributed by atoms with Gasteiger partial charge in [0.25, 0.3) is 0 Å². The summed E-state index contributed by atoms with van der Waals surface area (Å²) in [5.74, 6) is 0. The van der Waals surface area contributed by atoms with E-state index in [-0.39, 0.29) is 0 Å². The van der Waals surface area contributed by atoms with Crippen LogP contribution in [-0.4, -0.2) is 15.0 Å². The van der Waals surface area contributed by atoms with E-state index < -0.39 is 11.7 Å². The van der Waals surface area contributed by atoms with Crippen LogP contribution in [0.1, 0.15) is 30.3 Å². The van der Waals surface area contributed by atoms with Crippen LogP contribution in [0.4, 0.5) is 13.2 Å². The summed E-state index contributed by atoms with van der Waals surface area (Å²) in [5, 5.41) is 8.50. The highest BCUT2D eigenvalue weighted by atomic mass is 19.4. The van der Waals surface area contributed by atoms with Gasteiger partial charge in [-0.25, -0.2) is 0 Å². The topological polar surface area (TPSA) is 30.7 Å². The molecule has 6 heteroatoms. The van der Waals surface area contributed by atoms with Crippen LogP contribution in [0.25, 0.3) is 5.69 Å². The number of rotatable bonds is 3. The molecule has 1 heterocycles. The van der Waals surface area contributed by atoms with Gasteiger partial charge in [-0.1, -0.05) is 13.3 Å². The zero-order chi connectivity index (χ0) is 14.0. The highest BCUT2D eigenvalue weighted by Gasteiger charge is 2.30. The molecule has 0 atom stereocenters. The van der Waals surface area contributed by atoms with Crippen LogP contribution in [0.3, 0.4) is 0 Å². The fourth-order valence-corrected chi connectivity index (χ4v) is 1.78. The van der Waals surface area contributed by atoms with Crippen molar-refractivity contribution in [3.63, 3.8) is 0 Å². The van der Waals surface area contributed by atoms with E-state index in [0.29, 0.717) is 5.69 Å². The fourth-order valence-electron chi connectivity index (χ4n) is 1.78. The van der Waals surface area contributed by atoms with Gasteiger partial charge in [0.2, 0.25) is 0 Å². The minimum Gasteiger partial charge on any atom is -0.166 e. The van der Waals surface area contributed by atoms with Crippen LogP contribution in [0.5, 0.6) is 0 Å². The normalized spacial score (nSPS) is 11.8. The van der Waals surface area contributed by atoms with E-state index in [1.807, 2.05) is 13.8 Å². The summed E-state index contributed by atoms with van der Waals surface area (Å²) in [6.45, 7) is 3.88. The molecule has 0 aliphatic heterocycles. The average molecular weight is 269 g/mol. The molecule has 0 unspecified atom stereocenters. The van der Waals surface area contributed by atoms with Crippen LogP contribution >= 0.6 is 0 Å². The molecule has 1 aromatic heterocycles. The molecule has 19 heavy (non-hydrogen) atoms. The van der Waals surface area contributed by atoms with Crippen LogP contribution in [0, 0.1) is 6.92 Å². The number of alkyl halides is 3. The van der Waals surface area contributed by atoms with Gasteiger partial charge in [0.1, 0.15) is 0 Å². The van der Waals surface area contributed by atoms with Gasteiger partial charge in [0.05, 0.1) is 22.6 Å². The molecular formula is C13H14F3N3. The van der Waals surface area contributed by atoms with Gasteiger partial charge >= 0.3 is 6.18 Å². The summed E-state index contributed by atoms with van der Waals surface area (Å²) in [6, 6.07) is 4.82. The number of hydrogen-bond acceptors (Lipinski definition) is 2. The molecule has 2 aromatic rings. The van der Waals surface area contributed by atoms with Crippen molar-refractivity contribution in [2.75, 3.05) is 0 Å². The number of halogens is 3. The van der Waals surface area contributed by atoms with Crippen molar-refractivity contribution in [3.8, 4) is 5.69 Å². The van der Waals surface area contributed by atoms with Gasteiger partial charge in [0, 0.05) is 0 Å². The molecule has 1 aromatic carbocycles. The molecule has 2 rings (SSSR count). The Hall–Kier alpha value is -1.85. The van der Waals surface area contributed by atoms with Gasteiger partial charge in [-0.3, -0.25) is 0 Å². The smallest absolute Gasteiger partial charge is 0.166 e. The lowest BCUT2D eigenvalue weighted by Gasteiger charge is -2.06. The van der Waals surface area contributed by atoms with Gasteiger partial charge < -0.3 is 0 Å². The first kappa shape index (κ1) is 13.6. The summed E-state index contributed by atoms with van der Waals surface area (Å²) >= 11 is 0. The zero-order valence-electron chi connectivity index (χ0n) is 10.7. The molecule has 0 spiro atoms. The predicted octanol–water partition coefficient (Wildman–Crippen LogP) is 3.55. The van der Waals surface area contributed by atoms with Crippen molar-refractivity contribution >= 4 is 0 Å². The quantitative estimate of drug-likeness (QED) is 0.853. The second-order valence-corrected chi connectivity index (χ2v) is 4.32. The van der Waals surface area contributed by atoms with Crippen LogP contribution in [0.2, 0.25) is 0 Å². The lowest BCUT2D eigenvalue weighted by atomic mass is 10.2. The molecule has 0 saturated heterocycles. The molecule has 0 radical (unpaired) electrons. The van der Waals surface area contributed by atoms with E-state index in [0.717, 1.165) is 36.4 Å². The predicted molar refractivity (Wildman–Crippen MR) is 65.1 cm³/mol. The van der Waals surface area contributed by atoms with E-state index in [4.69, 9.17) is 0 Å². The van der Waals surface area contributed by atoms with E-state index in [2.05, 4.69) is 10.2 Å². The Labute approximate surface area is 109 Å². The Morgan fingerprint density at radius 3 is 2.26 bits per heavy atom. The highest BCUT2D eigenvalue weighted by molar-refractivity contribution is 5.34. The van der Waals surface area contributed by atoms with Gasteiger partial charge in [0.15, 0.2) is 0 Å². The molecule has 0 N–H and O–H groups in total. The molecule has 0 aliphatic carbocycles. The minimum absolute atomic E-state index is 0.526. The van der Waals surface area contributed by atoms with Crippen molar-refractivity contribution in [2.24, 2.45) is 0 Å². The van der Waals surface area contributed by atoms with Crippen molar-refractivity contribution < 1.29 is 13.2 Å². The number of benzene rings is 1. The zero-order valence-corrected chi connectivity index (χ0v) is 10.7. The van der Waals surface area contributed by atoms with Crippen molar-refractivity contribution in [2.45, 2.75) is 32.9 Å². The van der Waals surface area contributed by atoms with Crippen LogP contribution in [-0.2, 0) is 12.6 Å². The number of aromatic nitrogens is 3. The summed E-state index contributed by atoms with van der Waals surface area (Å²) < 4.78 is 37.4.